The van der Waals surface area contributed by atoms with E-state index in [9.17, 15) is 0 Å². The van der Waals surface area contributed by atoms with Gasteiger partial charge in [-0.05, 0) is 65.0 Å². The molecule has 5 aromatic carbocycles. The number of rotatable bonds is 4. The van der Waals surface area contributed by atoms with Crippen LogP contribution in [-0.2, 0) is 0 Å². The second-order valence-corrected chi connectivity index (χ2v) is 8.27. The molecule has 0 unspecified atom stereocenters. The lowest BCUT2D eigenvalue weighted by Crippen LogP contribution is -2.09. The zero-order valence-electron chi connectivity index (χ0n) is 16.9. The van der Waals surface area contributed by atoms with E-state index >= 15 is 0 Å². The molecule has 0 fully saturated rings. The van der Waals surface area contributed by atoms with Crippen LogP contribution in [0, 0.1) is 0 Å². The van der Waals surface area contributed by atoms with Crippen LogP contribution in [0.3, 0.4) is 0 Å². The highest BCUT2D eigenvalue weighted by Crippen LogP contribution is 2.38. The van der Waals surface area contributed by atoms with Gasteiger partial charge in [-0.3, -0.25) is 0 Å². The maximum atomic E-state index is 6.26. The van der Waals surface area contributed by atoms with Crippen molar-refractivity contribution in [1.82, 2.24) is 0 Å². The van der Waals surface area contributed by atoms with Crippen molar-refractivity contribution in [2.24, 2.45) is 0 Å². The largest absolute Gasteiger partial charge is 0.398 e. The molecule has 0 aromatic heterocycles. The number of anilines is 4. The summed E-state index contributed by atoms with van der Waals surface area (Å²) in [5.41, 5.74) is 12.7. The lowest BCUT2D eigenvalue weighted by Gasteiger charge is -2.25. The van der Waals surface area contributed by atoms with Crippen LogP contribution >= 0.6 is 15.9 Å². The summed E-state index contributed by atoms with van der Waals surface area (Å²) in [6.07, 6.45) is 0. The molecular formula is C28H21BrN2. The van der Waals surface area contributed by atoms with Gasteiger partial charge in [0.15, 0.2) is 0 Å². The predicted molar refractivity (Wildman–Crippen MR) is 136 cm³/mol. The Morgan fingerprint density at radius 1 is 0.548 bits per heavy atom. The Hall–Kier alpha value is -3.56. The van der Waals surface area contributed by atoms with Gasteiger partial charge < -0.3 is 10.6 Å². The molecule has 31 heavy (non-hydrogen) atoms. The molecule has 5 rings (SSSR count). The summed E-state index contributed by atoms with van der Waals surface area (Å²) in [5, 5.41) is 2.20. The third-order valence-electron chi connectivity index (χ3n) is 5.49. The number of hydrogen-bond acceptors (Lipinski definition) is 2. The predicted octanol–water partition coefficient (Wildman–Crippen LogP) is 8.32. The van der Waals surface area contributed by atoms with Crippen molar-refractivity contribution in [3.05, 3.63) is 120 Å². The summed E-state index contributed by atoms with van der Waals surface area (Å²) in [6.45, 7) is 0. The van der Waals surface area contributed by atoms with Gasteiger partial charge in [-0.2, -0.15) is 0 Å². The molecule has 0 aliphatic carbocycles. The van der Waals surface area contributed by atoms with Crippen LogP contribution in [0.5, 0.6) is 0 Å². The molecule has 0 radical (unpaired) electrons. The van der Waals surface area contributed by atoms with Gasteiger partial charge in [0, 0.05) is 32.6 Å². The van der Waals surface area contributed by atoms with Crippen molar-refractivity contribution in [2.75, 3.05) is 10.6 Å². The minimum atomic E-state index is 0.780. The minimum absolute atomic E-state index is 0.780. The van der Waals surface area contributed by atoms with E-state index in [0.29, 0.717) is 0 Å². The van der Waals surface area contributed by atoms with Gasteiger partial charge in [0.1, 0.15) is 0 Å². The molecular weight excluding hydrogens is 444 g/mol. The summed E-state index contributed by atoms with van der Waals surface area (Å²) < 4.78 is 1.01. The third-order valence-corrected chi connectivity index (χ3v) is 6.15. The molecule has 0 atom stereocenters. The van der Waals surface area contributed by atoms with Crippen molar-refractivity contribution in [1.29, 1.82) is 0 Å². The molecule has 0 spiro atoms. The monoisotopic (exact) mass is 464 g/mol. The van der Waals surface area contributed by atoms with E-state index in [1.807, 2.05) is 24.3 Å². The van der Waals surface area contributed by atoms with Gasteiger partial charge in [-0.15, -0.1) is 0 Å². The zero-order chi connectivity index (χ0) is 21.2. The first kappa shape index (κ1) is 19.4. The first-order valence-electron chi connectivity index (χ1n) is 10.2. The Balaban J connectivity index is 1.61. The average Bonchev–Trinajstić information content (AvgIpc) is 2.82. The summed E-state index contributed by atoms with van der Waals surface area (Å²) in [5.74, 6) is 0. The van der Waals surface area contributed by atoms with Crippen LogP contribution in [0.15, 0.2) is 120 Å². The fourth-order valence-corrected chi connectivity index (χ4v) is 4.61. The zero-order valence-corrected chi connectivity index (χ0v) is 18.5. The summed E-state index contributed by atoms with van der Waals surface area (Å²) >= 11 is 3.65. The van der Waals surface area contributed by atoms with E-state index in [1.54, 1.807) is 0 Å². The van der Waals surface area contributed by atoms with Gasteiger partial charge in [0.05, 0.1) is 0 Å². The van der Waals surface area contributed by atoms with Crippen LogP contribution < -0.4 is 10.6 Å². The molecule has 0 bridgehead atoms. The molecule has 2 N–H and O–H groups in total. The number of benzene rings is 5. The lowest BCUT2D eigenvalue weighted by molar-refractivity contribution is 1.28. The Kier molecular flexibility index (Phi) is 5.19. The first-order chi connectivity index (χ1) is 15.2. The molecule has 0 heterocycles. The molecule has 150 valence electrons. The Labute approximate surface area is 190 Å². The highest BCUT2D eigenvalue weighted by atomic mass is 79.9. The summed E-state index contributed by atoms with van der Waals surface area (Å²) in [4.78, 5) is 2.27. The second kappa shape index (κ2) is 8.29. The van der Waals surface area contributed by atoms with E-state index in [4.69, 9.17) is 5.73 Å². The van der Waals surface area contributed by atoms with E-state index in [1.165, 1.54) is 5.56 Å². The van der Waals surface area contributed by atoms with Crippen LogP contribution in [0.4, 0.5) is 22.7 Å². The first-order valence-corrected chi connectivity index (χ1v) is 11.0. The highest BCUT2D eigenvalue weighted by molar-refractivity contribution is 9.10. The maximum Gasteiger partial charge on any atom is 0.0462 e. The van der Waals surface area contributed by atoms with Crippen molar-refractivity contribution in [3.63, 3.8) is 0 Å². The third kappa shape index (κ3) is 3.69. The quantitative estimate of drug-likeness (QED) is 0.271. The van der Waals surface area contributed by atoms with Gasteiger partial charge in [-0.1, -0.05) is 82.7 Å². The standard InChI is InChI=1S/C28H21BrN2/c29-26-19-18-24(25-12-7-13-27(30)28(25)26)20-14-16-23(17-15-20)31(21-8-3-1-4-9-21)22-10-5-2-6-11-22/h1-19H,30H2. The summed E-state index contributed by atoms with van der Waals surface area (Å²) in [6, 6.07) is 39.9. The Morgan fingerprint density at radius 2 is 1.13 bits per heavy atom. The highest BCUT2D eigenvalue weighted by Gasteiger charge is 2.13. The van der Waals surface area contributed by atoms with Crippen molar-refractivity contribution in [3.8, 4) is 11.1 Å². The van der Waals surface area contributed by atoms with Gasteiger partial charge in [0.25, 0.3) is 0 Å². The van der Waals surface area contributed by atoms with E-state index in [-0.39, 0.29) is 0 Å². The van der Waals surface area contributed by atoms with Crippen LogP contribution in [0.2, 0.25) is 0 Å². The molecule has 3 heteroatoms. The van der Waals surface area contributed by atoms with E-state index < -0.39 is 0 Å². The van der Waals surface area contributed by atoms with Gasteiger partial charge in [-0.25, -0.2) is 0 Å². The molecule has 0 saturated carbocycles. The number of hydrogen-bond donors (Lipinski definition) is 1. The molecule has 0 aliphatic heterocycles. The number of nitrogen functional groups attached to an aromatic ring is 1. The maximum absolute atomic E-state index is 6.26. The Morgan fingerprint density at radius 3 is 1.74 bits per heavy atom. The van der Waals surface area contributed by atoms with Crippen LogP contribution in [-0.4, -0.2) is 0 Å². The van der Waals surface area contributed by atoms with Crippen molar-refractivity contribution < 1.29 is 0 Å². The van der Waals surface area contributed by atoms with Crippen LogP contribution in [0.25, 0.3) is 21.9 Å². The number of halogens is 1. The number of para-hydroxylation sites is 2. The topological polar surface area (TPSA) is 29.3 Å². The fraction of sp³-hybridized carbons (Fsp3) is 0. The Bertz CT molecular complexity index is 1280. The average molecular weight is 465 g/mol. The lowest BCUT2D eigenvalue weighted by atomic mass is 9.97. The van der Waals surface area contributed by atoms with Crippen molar-refractivity contribution in [2.45, 2.75) is 0 Å². The van der Waals surface area contributed by atoms with Gasteiger partial charge >= 0.3 is 0 Å². The minimum Gasteiger partial charge on any atom is -0.398 e. The molecule has 0 aliphatic rings. The smallest absolute Gasteiger partial charge is 0.0462 e. The number of nitrogens with two attached hydrogens (primary N) is 1. The fourth-order valence-electron chi connectivity index (χ4n) is 4.03. The van der Waals surface area contributed by atoms with E-state index in [2.05, 4.69) is 112 Å². The van der Waals surface area contributed by atoms with E-state index in [0.717, 1.165) is 43.6 Å². The SMILES string of the molecule is Nc1cccc2c(-c3ccc(N(c4ccccc4)c4ccccc4)cc3)ccc(Br)c12. The number of nitrogens with zero attached hydrogens (tertiary/aromatic N) is 1. The summed E-state index contributed by atoms with van der Waals surface area (Å²) in [7, 11) is 0. The molecule has 2 nitrogen and oxygen atoms in total. The van der Waals surface area contributed by atoms with Crippen LogP contribution in [0.1, 0.15) is 0 Å². The molecule has 5 aromatic rings. The second-order valence-electron chi connectivity index (χ2n) is 7.42. The number of fused-ring (bicyclic) bond motifs is 1. The molecule has 0 amide bonds. The molecule has 0 saturated heterocycles. The van der Waals surface area contributed by atoms with Crippen molar-refractivity contribution >= 4 is 49.5 Å². The normalized spacial score (nSPS) is 10.9. The van der Waals surface area contributed by atoms with Gasteiger partial charge in [0.2, 0.25) is 0 Å².